The minimum atomic E-state index is -3.20. The van der Waals surface area contributed by atoms with Crippen molar-refractivity contribution in [2.24, 2.45) is 0 Å². The van der Waals surface area contributed by atoms with Gasteiger partial charge in [0.05, 0.1) is 0 Å². The van der Waals surface area contributed by atoms with E-state index in [1.54, 1.807) is 0 Å². The summed E-state index contributed by atoms with van der Waals surface area (Å²) in [4.78, 5) is 10.5. The summed E-state index contributed by atoms with van der Waals surface area (Å²) < 4.78 is 49.2. The molecule has 0 radical (unpaired) electrons. The molecule has 5 heteroatoms. The van der Waals surface area contributed by atoms with Crippen molar-refractivity contribution in [2.45, 2.75) is 12.8 Å². The SMILES string of the molecule is O=C(Cc1c(F)cccc1F)C(F)F. The molecule has 0 saturated heterocycles. The number of benzene rings is 1. The highest BCUT2D eigenvalue weighted by Crippen LogP contribution is 2.14. The molecule has 1 aromatic rings. The number of halogens is 4. The number of alkyl halides is 2. The first-order valence-electron chi connectivity index (χ1n) is 3.76. The molecule has 0 unspecified atom stereocenters. The van der Waals surface area contributed by atoms with Gasteiger partial charge in [-0.3, -0.25) is 4.79 Å². The fourth-order valence-electron chi connectivity index (χ4n) is 0.953. The predicted molar refractivity (Wildman–Crippen MR) is 41.1 cm³/mol. The zero-order valence-corrected chi connectivity index (χ0v) is 6.94. The smallest absolute Gasteiger partial charge is 0.293 e. The van der Waals surface area contributed by atoms with Crippen LogP contribution in [0.15, 0.2) is 18.2 Å². The Kier molecular flexibility index (Phi) is 3.22. The molecule has 14 heavy (non-hydrogen) atoms. The predicted octanol–water partition coefficient (Wildman–Crippen LogP) is 2.34. The number of hydrogen-bond donors (Lipinski definition) is 0. The molecule has 0 N–H and O–H groups in total. The lowest BCUT2D eigenvalue weighted by Crippen LogP contribution is -2.14. The summed E-state index contributed by atoms with van der Waals surface area (Å²) in [6.07, 6.45) is -4.12. The van der Waals surface area contributed by atoms with Gasteiger partial charge in [0, 0.05) is 12.0 Å². The van der Waals surface area contributed by atoms with E-state index in [1.165, 1.54) is 0 Å². The second-order valence-electron chi connectivity index (χ2n) is 2.64. The van der Waals surface area contributed by atoms with Crippen molar-refractivity contribution in [3.05, 3.63) is 35.4 Å². The third kappa shape index (κ3) is 2.31. The Balaban J connectivity index is 2.91. The molecular formula is C9H6F4O. The second-order valence-corrected chi connectivity index (χ2v) is 2.64. The van der Waals surface area contributed by atoms with E-state index in [4.69, 9.17) is 0 Å². The molecule has 0 aliphatic rings. The summed E-state index contributed by atoms with van der Waals surface area (Å²) in [6, 6.07) is 2.93. The molecule has 1 rings (SSSR count). The molecule has 0 saturated carbocycles. The van der Waals surface area contributed by atoms with E-state index in [9.17, 15) is 22.4 Å². The Morgan fingerprint density at radius 2 is 1.71 bits per heavy atom. The lowest BCUT2D eigenvalue weighted by Gasteiger charge is -2.02. The number of carbonyl (C=O) groups excluding carboxylic acids is 1. The van der Waals surface area contributed by atoms with Gasteiger partial charge in [-0.25, -0.2) is 17.6 Å². The Bertz CT molecular complexity index is 328. The van der Waals surface area contributed by atoms with Crippen LogP contribution in [0.25, 0.3) is 0 Å². The van der Waals surface area contributed by atoms with Crippen LogP contribution >= 0.6 is 0 Å². The highest BCUT2D eigenvalue weighted by molar-refractivity contribution is 5.83. The summed E-state index contributed by atoms with van der Waals surface area (Å²) in [5.74, 6) is -3.47. The molecule has 76 valence electrons. The zero-order chi connectivity index (χ0) is 10.7. The maximum atomic E-state index is 12.8. The van der Waals surface area contributed by atoms with E-state index in [1.807, 2.05) is 0 Å². The summed E-state index contributed by atoms with van der Waals surface area (Å²) in [5, 5.41) is 0. The van der Waals surface area contributed by atoms with E-state index >= 15 is 0 Å². The number of ketones is 1. The molecule has 0 aromatic heterocycles. The van der Waals surface area contributed by atoms with Crippen LogP contribution in [0.2, 0.25) is 0 Å². The lowest BCUT2D eigenvalue weighted by molar-refractivity contribution is -0.128. The monoisotopic (exact) mass is 206 g/mol. The van der Waals surface area contributed by atoms with Crippen LogP contribution in [0.3, 0.4) is 0 Å². The number of rotatable bonds is 3. The van der Waals surface area contributed by atoms with Crippen molar-refractivity contribution >= 4 is 5.78 Å². The quantitative estimate of drug-likeness (QED) is 0.693. The van der Waals surface area contributed by atoms with Gasteiger partial charge in [-0.15, -0.1) is 0 Å². The largest absolute Gasteiger partial charge is 0.296 e. The molecule has 0 aliphatic carbocycles. The van der Waals surface area contributed by atoms with Gasteiger partial charge in [-0.05, 0) is 12.1 Å². The highest BCUT2D eigenvalue weighted by atomic mass is 19.3. The first-order valence-corrected chi connectivity index (χ1v) is 3.76. The molecule has 1 nitrogen and oxygen atoms in total. The van der Waals surface area contributed by atoms with Crippen LogP contribution in [0, 0.1) is 11.6 Å². The number of Topliss-reactive ketones (excluding diaryl/α,β-unsaturated/α-hetero) is 1. The minimum absolute atomic E-state index is 0.613. The summed E-state index contributed by atoms with van der Waals surface area (Å²) in [6.45, 7) is 0. The average Bonchev–Trinajstić information content (AvgIpc) is 2.11. The van der Waals surface area contributed by atoms with Crippen molar-refractivity contribution in [1.29, 1.82) is 0 Å². The molecule has 0 aliphatic heterocycles. The molecule has 1 aromatic carbocycles. The van der Waals surface area contributed by atoms with Crippen LogP contribution in [0.1, 0.15) is 5.56 Å². The van der Waals surface area contributed by atoms with Gasteiger partial charge in [0.15, 0.2) is 0 Å². The third-order valence-electron chi connectivity index (χ3n) is 1.66. The Labute approximate surface area is 77.3 Å². The van der Waals surface area contributed by atoms with Gasteiger partial charge in [0.2, 0.25) is 5.78 Å². The van der Waals surface area contributed by atoms with Crippen LogP contribution in [0.5, 0.6) is 0 Å². The van der Waals surface area contributed by atoms with Gasteiger partial charge >= 0.3 is 0 Å². The second kappa shape index (κ2) is 4.21. The van der Waals surface area contributed by atoms with E-state index in [0.717, 1.165) is 18.2 Å². The topological polar surface area (TPSA) is 17.1 Å². The third-order valence-corrected chi connectivity index (χ3v) is 1.66. The van der Waals surface area contributed by atoms with E-state index in [0.29, 0.717) is 0 Å². The number of carbonyl (C=O) groups is 1. The maximum Gasteiger partial charge on any atom is 0.296 e. The fraction of sp³-hybridized carbons (Fsp3) is 0.222. The zero-order valence-electron chi connectivity index (χ0n) is 6.94. The summed E-state index contributed by atoms with van der Waals surface area (Å²) in [5.41, 5.74) is -0.613. The van der Waals surface area contributed by atoms with E-state index in [-0.39, 0.29) is 0 Å². The molecule has 0 fully saturated rings. The van der Waals surface area contributed by atoms with Gasteiger partial charge in [-0.1, -0.05) is 6.07 Å². The maximum absolute atomic E-state index is 12.8. The van der Waals surface area contributed by atoms with Crippen LogP contribution in [-0.2, 0) is 11.2 Å². The van der Waals surface area contributed by atoms with Crippen LogP contribution in [0.4, 0.5) is 17.6 Å². The molecule has 0 amide bonds. The van der Waals surface area contributed by atoms with E-state index in [2.05, 4.69) is 0 Å². The Morgan fingerprint density at radius 1 is 1.21 bits per heavy atom. The lowest BCUT2D eigenvalue weighted by atomic mass is 10.1. The van der Waals surface area contributed by atoms with Gasteiger partial charge in [0.1, 0.15) is 11.6 Å². The minimum Gasteiger partial charge on any atom is -0.293 e. The molecule has 0 spiro atoms. The van der Waals surface area contributed by atoms with Crippen molar-refractivity contribution in [1.82, 2.24) is 0 Å². The first-order chi connectivity index (χ1) is 6.52. The first kappa shape index (κ1) is 10.7. The van der Waals surface area contributed by atoms with Crippen molar-refractivity contribution < 1.29 is 22.4 Å². The van der Waals surface area contributed by atoms with Crippen molar-refractivity contribution in [2.75, 3.05) is 0 Å². The normalized spacial score (nSPS) is 10.6. The standard InChI is InChI=1S/C9H6F4O/c10-6-2-1-3-7(11)5(6)4-8(14)9(12)13/h1-3,9H,4H2. The molecular weight excluding hydrogens is 200 g/mol. The molecule has 0 atom stereocenters. The van der Waals surface area contributed by atoms with Crippen molar-refractivity contribution in [3.8, 4) is 0 Å². The van der Waals surface area contributed by atoms with Gasteiger partial charge in [0.25, 0.3) is 6.43 Å². The Hall–Kier alpha value is -1.39. The number of hydrogen-bond acceptors (Lipinski definition) is 1. The van der Waals surface area contributed by atoms with Crippen molar-refractivity contribution in [3.63, 3.8) is 0 Å². The van der Waals surface area contributed by atoms with Crippen LogP contribution < -0.4 is 0 Å². The molecule has 0 heterocycles. The fourth-order valence-corrected chi connectivity index (χ4v) is 0.953. The summed E-state index contributed by atoms with van der Waals surface area (Å²) in [7, 11) is 0. The molecule has 0 bridgehead atoms. The van der Waals surface area contributed by atoms with Crippen LogP contribution in [-0.4, -0.2) is 12.2 Å². The Morgan fingerprint density at radius 3 is 2.14 bits per heavy atom. The highest BCUT2D eigenvalue weighted by Gasteiger charge is 2.19. The average molecular weight is 206 g/mol. The van der Waals surface area contributed by atoms with Gasteiger partial charge in [-0.2, -0.15) is 0 Å². The summed E-state index contributed by atoms with van der Waals surface area (Å²) >= 11 is 0. The van der Waals surface area contributed by atoms with E-state index < -0.39 is 35.8 Å². The van der Waals surface area contributed by atoms with Gasteiger partial charge < -0.3 is 0 Å².